The summed E-state index contributed by atoms with van der Waals surface area (Å²) in [6.45, 7) is 4.77. The fourth-order valence-corrected chi connectivity index (χ4v) is 3.65. The first-order valence-electron chi connectivity index (χ1n) is 9.88. The van der Waals surface area contributed by atoms with Gasteiger partial charge >= 0.3 is 0 Å². The number of nitrogens with one attached hydrogen (secondary N) is 2. The van der Waals surface area contributed by atoms with Crippen LogP contribution in [0.2, 0.25) is 0 Å². The number of aromatic nitrogens is 1. The van der Waals surface area contributed by atoms with E-state index in [1.807, 2.05) is 60.4 Å². The molecule has 0 fully saturated rings. The van der Waals surface area contributed by atoms with E-state index in [2.05, 4.69) is 23.3 Å². The molecular weight excluding hydrogens is 382 g/mol. The standard InChI is InChI=1S/C23H27N3O2S/c1-3-17-9-10-21-19(13-17)14-20(22(28)25-21)15-26(11-12-27)23(29)24-16(2)18-7-5-4-6-8-18/h4-10,13-14,16,27H,3,11-12,15H2,1-2H3,(H,24,29)(H,25,28)/t16-/m0/s1. The zero-order valence-corrected chi connectivity index (χ0v) is 17.6. The van der Waals surface area contributed by atoms with Gasteiger partial charge in [0.25, 0.3) is 5.56 Å². The molecule has 0 aliphatic heterocycles. The summed E-state index contributed by atoms with van der Waals surface area (Å²) in [5.41, 5.74) is 3.65. The summed E-state index contributed by atoms with van der Waals surface area (Å²) < 4.78 is 0. The van der Waals surface area contributed by atoms with Crippen molar-refractivity contribution >= 4 is 28.2 Å². The highest BCUT2D eigenvalue weighted by Crippen LogP contribution is 2.16. The Morgan fingerprint density at radius 2 is 1.97 bits per heavy atom. The third-order valence-corrected chi connectivity index (χ3v) is 5.43. The molecule has 1 atom stereocenters. The zero-order valence-electron chi connectivity index (χ0n) is 16.8. The van der Waals surface area contributed by atoms with Crippen LogP contribution in [0.5, 0.6) is 0 Å². The van der Waals surface area contributed by atoms with E-state index in [4.69, 9.17) is 12.2 Å². The Hall–Kier alpha value is -2.70. The Morgan fingerprint density at radius 1 is 1.21 bits per heavy atom. The van der Waals surface area contributed by atoms with E-state index in [1.165, 1.54) is 5.56 Å². The van der Waals surface area contributed by atoms with Crippen LogP contribution in [-0.2, 0) is 13.0 Å². The monoisotopic (exact) mass is 409 g/mol. The van der Waals surface area contributed by atoms with Crippen molar-refractivity contribution in [3.8, 4) is 0 Å². The highest BCUT2D eigenvalue weighted by molar-refractivity contribution is 7.80. The van der Waals surface area contributed by atoms with Gasteiger partial charge in [-0.05, 0) is 60.3 Å². The highest BCUT2D eigenvalue weighted by atomic mass is 32.1. The van der Waals surface area contributed by atoms with Crippen molar-refractivity contribution in [1.82, 2.24) is 15.2 Å². The number of H-pyrrole nitrogens is 1. The lowest BCUT2D eigenvalue weighted by molar-refractivity contribution is 0.244. The molecule has 5 nitrogen and oxygen atoms in total. The van der Waals surface area contributed by atoms with E-state index in [1.54, 1.807) is 0 Å². The normalized spacial score (nSPS) is 12.0. The van der Waals surface area contributed by atoms with Gasteiger partial charge in [0.15, 0.2) is 5.11 Å². The van der Waals surface area contributed by atoms with Crippen LogP contribution in [0, 0.1) is 0 Å². The molecule has 3 rings (SSSR count). The molecular formula is C23H27N3O2S. The topological polar surface area (TPSA) is 68.4 Å². The van der Waals surface area contributed by atoms with Crippen LogP contribution in [0.25, 0.3) is 10.9 Å². The van der Waals surface area contributed by atoms with Crippen molar-refractivity contribution < 1.29 is 5.11 Å². The average Bonchev–Trinajstić information content (AvgIpc) is 2.74. The lowest BCUT2D eigenvalue weighted by Gasteiger charge is -2.27. The van der Waals surface area contributed by atoms with Crippen LogP contribution in [-0.4, -0.2) is 33.3 Å². The Morgan fingerprint density at radius 3 is 2.66 bits per heavy atom. The summed E-state index contributed by atoms with van der Waals surface area (Å²) in [5.74, 6) is 0. The molecule has 152 valence electrons. The van der Waals surface area contributed by atoms with E-state index in [-0.39, 0.29) is 18.2 Å². The van der Waals surface area contributed by atoms with Crippen LogP contribution in [0.4, 0.5) is 0 Å². The van der Waals surface area contributed by atoms with E-state index < -0.39 is 0 Å². The van der Waals surface area contributed by atoms with E-state index in [9.17, 15) is 9.90 Å². The van der Waals surface area contributed by atoms with Gasteiger partial charge in [-0.25, -0.2) is 0 Å². The molecule has 0 amide bonds. The molecule has 0 spiro atoms. The third-order valence-electron chi connectivity index (χ3n) is 5.05. The molecule has 0 aliphatic rings. The molecule has 0 saturated carbocycles. The number of fused-ring (bicyclic) bond motifs is 1. The maximum absolute atomic E-state index is 12.6. The second-order valence-electron chi connectivity index (χ2n) is 7.13. The number of pyridine rings is 1. The first kappa shape index (κ1) is 21.0. The molecule has 3 aromatic rings. The Balaban J connectivity index is 1.81. The minimum absolute atomic E-state index is 0.0203. The number of aliphatic hydroxyl groups excluding tert-OH is 1. The lowest BCUT2D eigenvalue weighted by atomic mass is 10.1. The summed E-state index contributed by atoms with van der Waals surface area (Å²) in [7, 11) is 0. The number of aromatic amines is 1. The summed E-state index contributed by atoms with van der Waals surface area (Å²) in [4.78, 5) is 17.4. The van der Waals surface area contributed by atoms with Gasteiger partial charge in [-0.1, -0.05) is 43.3 Å². The molecule has 0 unspecified atom stereocenters. The fraction of sp³-hybridized carbons (Fsp3) is 0.304. The predicted octanol–water partition coefficient (Wildman–Crippen LogP) is 3.52. The number of hydrogen-bond acceptors (Lipinski definition) is 3. The number of nitrogens with zero attached hydrogens (tertiary/aromatic N) is 1. The molecule has 29 heavy (non-hydrogen) atoms. The van der Waals surface area contributed by atoms with E-state index >= 15 is 0 Å². The predicted molar refractivity (Wildman–Crippen MR) is 122 cm³/mol. The van der Waals surface area contributed by atoms with Gasteiger partial charge in [-0.3, -0.25) is 4.79 Å². The first-order valence-corrected chi connectivity index (χ1v) is 10.3. The number of thiocarbonyl (C=S) groups is 1. The largest absolute Gasteiger partial charge is 0.395 e. The van der Waals surface area contributed by atoms with Crippen molar-refractivity contribution in [1.29, 1.82) is 0 Å². The van der Waals surface area contributed by atoms with Gasteiger partial charge in [-0.15, -0.1) is 0 Å². The van der Waals surface area contributed by atoms with Crippen molar-refractivity contribution in [2.45, 2.75) is 32.9 Å². The minimum atomic E-state index is -0.136. The van der Waals surface area contributed by atoms with E-state index in [0.717, 1.165) is 22.9 Å². The van der Waals surface area contributed by atoms with Crippen molar-refractivity contribution in [2.24, 2.45) is 0 Å². The van der Waals surface area contributed by atoms with Crippen LogP contribution in [0.15, 0.2) is 59.4 Å². The fourth-order valence-electron chi connectivity index (χ4n) is 3.32. The Labute approximate surface area is 176 Å². The van der Waals surface area contributed by atoms with Gasteiger partial charge < -0.3 is 20.3 Å². The minimum Gasteiger partial charge on any atom is -0.395 e. The van der Waals surface area contributed by atoms with Crippen LogP contribution in [0.3, 0.4) is 0 Å². The molecule has 0 radical (unpaired) electrons. The summed E-state index contributed by atoms with van der Waals surface area (Å²) in [6, 6.07) is 18.0. The molecule has 0 aliphatic carbocycles. The van der Waals surface area contributed by atoms with Crippen molar-refractivity contribution in [2.75, 3.05) is 13.2 Å². The summed E-state index contributed by atoms with van der Waals surface area (Å²) in [6.07, 6.45) is 0.937. The van der Waals surface area contributed by atoms with Gasteiger partial charge in [0.05, 0.1) is 19.2 Å². The molecule has 0 bridgehead atoms. The Kier molecular flexibility index (Phi) is 7.01. The van der Waals surface area contributed by atoms with Gasteiger partial charge in [-0.2, -0.15) is 0 Å². The number of aliphatic hydroxyl groups is 1. The number of hydrogen-bond donors (Lipinski definition) is 3. The number of benzene rings is 2. The van der Waals surface area contributed by atoms with Crippen LogP contribution >= 0.6 is 12.2 Å². The van der Waals surface area contributed by atoms with Gasteiger partial charge in [0.2, 0.25) is 0 Å². The molecule has 1 aromatic heterocycles. The molecule has 3 N–H and O–H groups in total. The van der Waals surface area contributed by atoms with Gasteiger partial charge in [0, 0.05) is 17.6 Å². The van der Waals surface area contributed by atoms with Gasteiger partial charge in [0.1, 0.15) is 0 Å². The van der Waals surface area contributed by atoms with Crippen LogP contribution in [0.1, 0.15) is 36.6 Å². The molecule has 1 heterocycles. The molecule has 6 heteroatoms. The smallest absolute Gasteiger partial charge is 0.253 e. The molecule has 0 saturated heterocycles. The van der Waals surface area contributed by atoms with Crippen molar-refractivity contribution in [3.63, 3.8) is 0 Å². The number of aryl methyl sites for hydroxylation is 1. The maximum Gasteiger partial charge on any atom is 0.253 e. The quantitative estimate of drug-likeness (QED) is 0.521. The Bertz CT molecular complexity index is 1030. The SMILES string of the molecule is CCc1ccc2[nH]c(=O)c(CN(CCO)C(=S)N[C@@H](C)c3ccccc3)cc2c1. The second-order valence-corrected chi connectivity index (χ2v) is 7.51. The third kappa shape index (κ3) is 5.22. The zero-order chi connectivity index (χ0) is 20.8. The maximum atomic E-state index is 12.6. The second kappa shape index (κ2) is 9.67. The van der Waals surface area contributed by atoms with Crippen molar-refractivity contribution in [3.05, 3.63) is 81.6 Å². The summed E-state index contributed by atoms with van der Waals surface area (Å²) in [5, 5.41) is 14.3. The lowest BCUT2D eigenvalue weighted by Crippen LogP contribution is -2.42. The first-order chi connectivity index (χ1) is 14.0. The van der Waals surface area contributed by atoms with Crippen LogP contribution < -0.4 is 10.9 Å². The highest BCUT2D eigenvalue weighted by Gasteiger charge is 2.15. The summed E-state index contributed by atoms with van der Waals surface area (Å²) >= 11 is 5.59. The number of rotatable bonds is 7. The molecule has 2 aromatic carbocycles. The van der Waals surface area contributed by atoms with E-state index in [0.29, 0.717) is 23.8 Å². The average molecular weight is 410 g/mol.